The highest BCUT2D eigenvalue weighted by molar-refractivity contribution is 5.34. The number of hydrogen-bond acceptors (Lipinski definition) is 8. The number of nitrogens with one attached hydrogen (secondary N) is 2. The molecule has 8 nitrogen and oxygen atoms in total. The Morgan fingerprint density at radius 3 is 2.43 bits per heavy atom. The maximum atomic E-state index is 5.50. The molecule has 0 bridgehead atoms. The van der Waals surface area contributed by atoms with Crippen molar-refractivity contribution >= 4 is 11.9 Å². The molecule has 0 spiro atoms. The van der Waals surface area contributed by atoms with Gasteiger partial charge in [-0.05, 0) is 26.2 Å². The van der Waals surface area contributed by atoms with Gasteiger partial charge in [0.1, 0.15) is 0 Å². The van der Waals surface area contributed by atoms with Crippen molar-refractivity contribution < 1.29 is 9.47 Å². The normalized spacial score (nSPS) is 11.0. The molecule has 0 radical (unpaired) electrons. The Morgan fingerprint density at radius 1 is 1.10 bits per heavy atom. The van der Waals surface area contributed by atoms with Crippen molar-refractivity contribution in [1.82, 2.24) is 15.0 Å². The summed E-state index contributed by atoms with van der Waals surface area (Å²) in [4.78, 5) is 12.3. The Kier molecular flexibility index (Phi) is 7.70. The predicted molar refractivity (Wildman–Crippen MR) is 82.2 cm³/mol. The van der Waals surface area contributed by atoms with E-state index in [2.05, 4.69) is 39.5 Å². The van der Waals surface area contributed by atoms with E-state index in [9.17, 15) is 0 Å². The van der Waals surface area contributed by atoms with E-state index in [1.165, 1.54) is 0 Å². The Bertz CT molecular complexity index is 414. The Labute approximate surface area is 125 Å². The molecule has 0 amide bonds. The van der Waals surface area contributed by atoms with E-state index in [-0.39, 0.29) is 18.1 Å². The van der Waals surface area contributed by atoms with Crippen LogP contribution in [0.5, 0.6) is 6.01 Å². The molecular formula is C13H26N6O2. The number of rotatable bonds is 10. The highest BCUT2D eigenvalue weighted by atomic mass is 16.5. The molecule has 0 saturated carbocycles. The fraction of sp³-hybridized carbons (Fsp3) is 0.769. The SMILES string of the molecule is CC(C)COCCCNc1nc(NN)nc(OC(C)C)n1. The van der Waals surface area contributed by atoms with E-state index in [1.54, 1.807) is 0 Å². The molecule has 0 atom stereocenters. The summed E-state index contributed by atoms with van der Waals surface area (Å²) in [5.41, 5.74) is 2.40. The van der Waals surface area contributed by atoms with Crippen LogP contribution in [0.15, 0.2) is 0 Å². The molecule has 1 heterocycles. The van der Waals surface area contributed by atoms with Crippen molar-refractivity contribution in [1.29, 1.82) is 0 Å². The molecule has 0 fully saturated rings. The molecule has 1 aromatic rings. The van der Waals surface area contributed by atoms with Gasteiger partial charge in [0, 0.05) is 19.8 Å². The van der Waals surface area contributed by atoms with Crippen molar-refractivity contribution in [3.05, 3.63) is 0 Å². The molecule has 1 aromatic heterocycles. The average Bonchev–Trinajstić information content (AvgIpc) is 2.41. The topological polar surface area (TPSA) is 107 Å². The van der Waals surface area contributed by atoms with Crippen molar-refractivity contribution in [2.45, 2.75) is 40.2 Å². The van der Waals surface area contributed by atoms with Gasteiger partial charge in [-0.2, -0.15) is 15.0 Å². The van der Waals surface area contributed by atoms with Crippen LogP contribution in [0.25, 0.3) is 0 Å². The van der Waals surface area contributed by atoms with E-state index in [1.807, 2.05) is 13.8 Å². The van der Waals surface area contributed by atoms with Crippen LogP contribution < -0.4 is 21.3 Å². The first kappa shape index (κ1) is 17.4. The summed E-state index contributed by atoms with van der Waals surface area (Å²) in [6.45, 7) is 10.2. The predicted octanol–water partition coefficient (Wildman–Crippen LogP) is 1.42. The van der Waals surface area contributed by atoms with Crippen LogP contribution in [0, 0.1) is 5.92 Å². The monoisotopic (exact) mass is 298 g/mol. The third-order valence-corrected chi connectivity index (χ3v) is 2.28. The lowest BCUT2D eigenvalue weighted by atomic mass is 10.2. The van der Waals surface area contributed by atoms with E-state index < -0.39 is 0 Å². The van der Waals surface area contributed by atoms with Crippen LogP contribution in [-0.2, 0) is 4.74 Å². The zero-order valence-electron chi connectivity index (χ0n) is 13.2. The lowest BCUT2D eigenvalue weighted by Gasteiger charge is -2.11. The quantitative estimate of drug-likeness (QED) is 0.338. The molecule has 0 aliphatic rings. The number of hydrazine groups is 1. The fourth-order valence-corrected chi connectivity index (χ4v) is 1.46. The molecule has 0 saturated heterocycles. The third-order valence-electron chi connectivity index (χ3n) is 2.28. The minimum Gasteiger partial charge on any atom is -0.461 e. The summed E-state index contributed by atoms with van der Waals surface area (Å²) in [6, 6.07) is 0.242. The summed E-state index contributed by atoms with van der Waals surface area (Å²) in [7, 11) is 0. The van der Waals surface area contributed by atoms with E-state index in [0.717, 1.165) is 13.0 Å². The second kappa shape index (κ2) is 9.30. The molecule has 0 aliphatic heterocycles. The summed E-state index contributed by atoms with van der Waals surface area (Å²) < 4.78 is 11.0. The molecule has 8 heteroatoms. The molecule has 0 aliphatic carbocycles. The lowest BCUT2D eigenvalue weighted by Crippen LogP contribution is -2.17. The molecular weight excluding hydrogens is 272 g/mol. The maximum absolute atomic E-state index is 5.50. The summed E-state index contributed by atoms with van der Waals surface area (Å²) in [6.07, 6.45) is 0.847. The number of nitrogens with two attached hydrogens (primary N) is 1. The first-order valence-corrected chi connectivity index (χ1v) is 7.22. The van der Waals surface area contributed by atoms with Gasteiger partial charge in [-0.15, -0.1) is 0 Å². The van der Waals surface area contributed by atoms with Gasteiger partial charge in [0.25, 0.3) is 0 Å². The number of hydrogen-bond donors (Lipinski definition) is 3. The number of anilines is 2. The zero-order valence-corrected chi connectivity index (χ0v) is 13.2. The molecule has 1 rings (SSSR count). The smallest absolute Gasteiger partial charge is 0.323 e. The largest absolute Gasteiger partial charge is 0.461 e. The average molecular weight is 298 g/mol. The van der Waals surface area contributed by atoms with Gasteiger partial charge in [-0.3, -0.25) is 5.43 Å². The standard InChI is InChI=1S/C13H26N6O2/c1-9(2)8-20-7-5-6-15-11-16-12(19-14)18-13(17-11)21-10(3)4/h9-10H,5-8,14H2,1-4H3,(H2,15,16,17,18,19). The van der Waals surface area contributed by atoms with Gasteiger partial charge < -0.3 is 14.8 Å². The van der Waals surface area contributed by atoms with Crippen LogP contribution in [0.3, 0.4) is 0 Å². The van der Waals surface area contributed by atoms with Crippen LogP contribution >= 0.6 is 0 Å². The molecule has 120 valence electrons. The van der Waals surface area contributed by atoms with Crippen molar-refractivity contribution in [3.8, 4) is 6.01 Å². The number of aromatic nitrogens is 3. The van der Waals surface area contributed by atoms with Crippen molar-refractivity contribution in [3.63, 3.8) is 0 Å². The second-order valence-electron chi connectivity index (χ2n) is 5.33. The van der Waals surface area contributed by atoms with Crippen LogP contribution in [0.2, 0.25) is 0 Å². The van der Waals surface area contributed by atoms with Gasteiger partial charge in [-0.1, -0.05) is 13.8 Å². The van der Waals surface area contributed by atoms with E-state index >= 15 is 0 Å². The van der Waals surface area contributed by atoms with E-state index in [0.29, 0.717) is 25.0 Å². The summed E-state index contributed by atoms with van der Waals surface area (Å²) in [5, 5.41) is 3.10. The van der Waals surface area contributed by atoms with Crippen LogP contribution in [0.1, 0.15) is 34.1 Å². The minimum absolute atomic E-state index is 0.0182. The first-order chi connectivity index (χ1) is 10.0. The second-order valence-corrected chi connectivity index (χ2v) is 5.33. The number of nitrogen functional groups attached to an aromatic ring is 1. The molecule has 0 unspecified atom stereocenters. The van der Waals surface area contributed by atoms with Crippen molar-refractivity contribution in [2.24, 2.45) is 11.8 Å². The van der Waals surface area contributed by atoms with Gasteiger partial charge >= 0.3 is 6.01 Å². The highest BCUT2D eigenvalue weighted by Gasteiger charge is 2.08. The molecule has 4 N–H and O–H groups in total. The maximum Gasteiger partial charge on any atom is 0.323 e. The number of ether oxygens (including phenoxy) is 2. The zero-order chi connectivity index (χ0) is 15.7. The Balaban J connectivity index is 2.42. The van der Waals surface area contributed by atoms with Gasteiger partial charge in [0.05, 0.1) is 6.10 Å². The van der Waals surface area contributed by atoms with Gasteiger partial charge in [-0.25, -0.2) is 5.84 Å². The van der Waals surface area contributed by atoms with Crippen LogP contribution in [-0.4, -0.2) is 40.8 Å². The lowest BCUT2D eigenvalue weighted by molar-refractivity contribution is 0.110. The fourth-order valence-electron chi connectivity index (χ4n) is 1.46. The summed E-state index contributed by atoms with van der Waals surface area (Å²) >= 11 is 0. The molecule has 21 heavy (non-hydrogen) atoms. The minimum atomic E-state index is -0.0182. The van der Waals surface area contributed by atoms with E-state index in [4.69, 9.17) is 15.3 Å². The van der Waals surface area contributed by atoms with Gasteiger partial charge in [0.15, 0.2) is 0 Å². The van der Waals surface area contributed by atoms with Gasteiger partial charge in [0.2, 0.25) is 11.9 Å². The third kappa shape index (κ3) is 7.62. The summed E-state index contributed by atoms with van der Waals surface area (Å²) in [5.74, 6) is 6.58. The Hall–Kier alpha value is -1.67. The Morgan fingerprint density at radius 2 is 1.81 bits per heavy atom. The van der Waals surface area contributed by atoms with Crippen LogP contribution in [0.4, 0.5) is 11.9 Å². The van der Waals surface area contributed by atoms with Crippen molar-refractivity contribution in [2.75, 3.05) is 30.5 Å². The highest BCUT2D eigenvalue weighted by Crippen LogP contribution is 2.11. The molecule has 0 aromatic carbocycles. The number of nitrogens with zero attached hydrogens (tertiary/aromatic N) is 3. The first-order valence-electron chi connectivity index (χ1n) is 7.22.